The highest BCUT2D eigenvalue weighted by atomic mass is 32.2. The van der Waals surface area contributed by atoms with E-state index in [9.17, 15) is 4.79 Å². The summed E-state index contributed by atoms with van der Waals surface area (Å²) in [5, 5.41) is 9.50. The average molecular weight is 378 g/mol. The Morgan fingerprint density at radius 1 is 1.11 bits per heavy atom. The fourth-order valence-corrected chi connectivity index (χ4v) is 4.04. The lowest BCUT2D eigenvalue weighted by Gasteiger charge is -2.13. The Morgan fingerprint density at radius 3 is 2.48 bits per heavy atom. The number of aryl methyl sites for hydroxylation is 1. The van der Waals surface area contributed by atoms with E-state index in [-0.39, 0.29) is 11.0 Å². The van der Waals surface area contributed by atoms with Gasteiger partial charge in [0, 0.05) is 11.5 Å². The summed E-state index contributed by atoms with van der Waals surface area (Å²) in [6.07, 6.45) is 2.35. The third-order valence-electron chi connectivity index (χ3n) is 4.86. The van der Waals surface area contributed by atoms with E-state index in [2.05, 4.69) is 26.9 Å². The molecule has 0 bridgehead atoms. The van der Waals surface area contributed by atoms with Gasteiger partial charge in [0.05, 0.1) is 11.8 Å². The van der Waals surface area contributed by atoms with Crippen LogP contribution < -0.4 is 0 Å². The molecule has 2 aromatic carbocycles. The molecule has 1 fully saturated rings. The number of hydrogen-bond acceptors (Lipinski definition) is 4. The number of benzene rings is 2. The van der Waals surface area contributed by atoms with E-state index in [1.807, 2.05) is 56.3 Å². The first-order valence-electron chi connectivity index (χ1n) is 9.36. The van der Waals surface area contributed by atoms with Crippen LogP contribution in [0.2, 0.25) is 0 Å². The van der Waals surface area contributed by atoms with Crippen LogP contribution in [0.25, 0.3) is 0 Å². The summed E-state index contributed by atoms with van der Waals surface area (Å²) in [7, 11) is 0. The Hall–Kier alpha value is -2.40. The van der Waals surface area contributed by atoms with Gasteiger partial charge in [-0.3, -0.25) is 4.79 Å². The van der Waals surface area contributed by atoms with Gasteiger partial charge in [-0.2, -0.15) is 0 Å². The Bertz CT molecular complexity index is 930. The monoisotopic (exact) mass is 377 g/mol. The maximum absolute atomic E-state index is 12.8. The second kappa shape index (κ2) is 7.69. The number of aromatic nitrogens is 3. The van der Waals surface area contributed by atoms with Gasteiger partial charge in [-0.25, -0.2) is 0 Å². The standard InChI is InChI=1S/C22H23N3OS/c1-15-8-10-18(11-9-15)20(26)16(2)27-22-24-23-21(19-12-13-19)25(22)14-17-6-4-3-5-7-17/h3-11,16,19H,12-14H2,1-2H3. The van der Waals surface area contributed by atoms with Crippen molar-refractivity contribution in [2.45, 2.75) is 49.6 Å². The highest BCUT2D eigenvalue weighted by molar-refractivity contribution is 8.00. The molecular weight excluding hydrogens is 354 g/mol. The Morgan fingerprint density at radius 2 is 1.81 bits per heavy atom. The van der Waals surface area contributed by atoms with Crippen molar-refractivity contribution in [2.75, 3.05) is 0 Å². The van der Waals surface area contributed by atoms with E-state index in [0.717, 1.165) is 28.7 Å². The molecule has 1 heterocycles. The van der Waals surface area contributed by atoms with Gasteiger partial charge in [-0.15, -0.1) is 10.2 Å². The van der Waals surface area contributed by atoms with Crippen molar-refractivity contribution >= 4 is 17.5 Å². The van der Waals surface area contributed by atoms with Crippen LogP contribution in [0.3, 0.4) is 0 Å². The first-order valence-corrected chi connectivity index (χ1v) is 10.2. The summed E-state index contributed by atoms with van der Waals surface area (Å²) in [5.41, 5.74) is 3.12. The zero-order valence-corrected chi connectivity index (χ0v) is 16.4. The summed E-state index contributed by atoms with van der Waals surface area (Å²) < 4.78 is 2.19. The summed E-state index contributed by atoms with van der Waals surface area (Å²) in [6.45, 7) is 4.72. The fraction of sp³-hybridized carbons (Fsp3) is 0.318. The van der Waals surface area contributed by atoms with Crippen LogP contribution in [0, 0.1) is 6.92 Å². The van der Waals surface area contributed by atoms with Crippen LogP contribution in [0.5, 0.6) is 0 Å². The summed E-state index contributed by atoms with van der Waals surface area (Å²) in [6, 6.07) is 18.1. The van der Waals surface area contributed by atoms with Crippen LogP contribution in [0.1, 0.15) is 53.0 Å². The van der Waals surface area contributed by atoms with E-state index in [0.29, 0.717) is 5.92 Å². The minimum Gasteiger partial charge on any atom is -0.301 e. The zero-order valence-electron chi connectivity index (χ0n) is 15.6. The predicted molar refractivity (Wildman–Crippen MR) is 108 cm³/mol. The SMILES string of the molecule is Cc1ccc(C(=O)C(C)Sc2nnc(C3CC3)n2Cc2ccccc2)cc1. The lowest BCUT2D eigenvalue weighted by Crippen LogP contribution is -2.15. The van der Waals surface area contributed by atoms with Crippen LogP contribution in [-0.4, -0.2) is 25.8 Å². The van der Waals surface area contributed by atoms with Crippen LogP contribution in [0.4, 0.5) is 0 Å². The molecule has 0 aliphatic heterocycles. The fourth-order valence-electron chi connectivity index (χ4n) is 3.11. The van der Waals surface area contributed by atoms with Gasteiger partial charge in [0.15, 0.2) is 10.9 Å². The van der Waals surface area contributed by atoms with Crippen molar-refractivity contribution in [3.63, 3.8) is 0 Å². The van der Waals surface area contributed by atoms with Gasteiger partial charge in [-0.05, 0) is 32.3 Å². The molecule has 4 nitrogen and oxygen atoms in total. The van der Waals surface area contributed by atoms with E-state index < -0.39 is 0 Å². The molecular formula is C22H23N3OS. The first kappa shape index (κ1) is 18.0. The second-order valence-corrected chi connectivity index (χ2v) is 8.49. The Balaban J connectivity index is 1.56. The van der Waals surface area contributed by atoms with Crippen molar-refractivity contribution in [3.05, 3.63) is 77.1 Å². The first-order chi connectivity index (χ1) is 13.1. The van der Waals surface area contributed by atoms with E-state index >= 15 is 0 Å². The van der Waals surface area contributed by atoms with Crippen molar-refractivity contribution < 1.29 is 4.79 Å². The summed E-state index contributed by atoms with van der Waals surface area (Å²) in [4.78, 5) is 12.8. The molecule has 1 saturated carbocycles. The van der Waals surface area contributed by atoms with Crippen LogP contribution in [-0.2, 0) is 6.54 Å². The lowest BCUT2D eigenvalue weighted by atomic mass is 10.1. The third-order valence-corrected chi connectivity index (χ3v) is 5.94. The number of hydrogen-bond donors (Lipinski definition) is 0. The summed E-state index contributed by atoms with van der Waals surface area (Å²) >= 11 is 1.50. The molecule has 1 atom stereocenters. The quantitative estimate of drug-likeness (QED) is 0.435. The molecule has 1 aliphatic carbocycles. The van der Waals surface area contributed by atoms with Gasteiger partial charge in [-0.1, -0.05) is 71.9 Å². The topological polar surface area (TPSA) is 47.8 Å². The molecule has 0 amide bonds. The zero-order chi connectivity index (χ0) is 18.8. The molecule has 5 heteroatoms. The lowest BCUT2D eigenvalue weighted by molar-refractivity contribution is 0.0994. The second-order valence-electron chi connectivity index (χ2n) is 7.18. The van der Waals surface area contributed by atoms with E-state index in [1.165, 1.54) is 30.2 Å². The van der Waals surface area contributed by atoms with Crippen molar-refractivity contribution in [1.82, 2.24) is 14.8 Å². The molecule has 1 unspecified atom stereocenters. The Labute approximate surface area is 164 Å². The number of thioether (sulfide) groups is 1. The molecule has 4 rings (SSSR count). The van der Waals surface area contributed by atoms with Gasteiger partial charge in [0.1, 0.15) is 5.82 Å². The van der Waals surface area contributed by atoms with Crippen molar-refractivity contribution in [2.24, 2.45) is 0 Å². The molecule has 0 radical (unpaired) electrons. The predicted octanol–water partition coefficient (Wildman–Crippen LogP) is 4.88. The normalized spacial score (nSPS) is 14.9. The summed E-state index contributed by atoms with van der Waals surface area (Å²) in [5.74, 6) is 1.69. The van der Waals surface area contributed by atoms with E-state index in [1.54, 1.807) is 0 Å². The van der Waals surface area contributed by atoms with Gasteiger partial charge in [0.2, 0.25) is 0 Å². The van der Waals surface area contributed by atoms with Gasteiger partial charge in [0.25, 0.3) is 0 Å². The molecule has 0 saturated heterocycles. The third kappa shape index (κ3) is 4.14. The average Bonchev–Trinajstić information content (AvgIpc) is 3.46. The van der Waals surface area contributed by atoms with Gasteiger partial charge < -0.3 is 4.57 Å². The molecule has 27 heavy (non-hydrogen) atoms. The molecule has 1 aliphatic rings. The van der Waals surface area contributed by atoms with Gasteiger partial charge >= 0.3 is 0 Å². The highest BCUT2D eigenvalue weighted by Gasteiger charge is 2.31. The van der Waals surface area contributed by atoms with Crippen molar-refractivity contribution in [1.29, 1.82) is 0 Å². The molecule has 138 valence electrons. The van der Waals surface area contributed by atoms with Crippen molar-refractivity contribution in [3.8, 4) is 0 Å². The maximum Gasteiger partial charge on any atom is 0.192 e. The minimum absolute atomic E-state index is 0.127. The van der Waals surface area contributed by atoms with Crippen LogP contribution in [0.15, 0.2) is 59.8 Å². The number of nitrogens with zero attached hydrogens (tertiary/aromatic N) is 3. The number of carbonyl (C=O) groups is 1. The number of ketones is 1. The smallest absolute Gasteiger partial charge is 0.192 e. The van der Waals surface area contributed by atoms with Crippen LogP contribution >= 0.6 is 11.8 Å². The molecule has 3 aromatic rings. The minimum atomic E-state index is -0.210. The molecule has 0 N–H and O–H groups in total. The maximum atomic E-state index is 12.8. The largest absolute Gasteiger partial charge is 0.301 e. The van der Waals surface area contributed by atoms with E-state index in [4.69, 9.17) is 0 Å². The highest BCUT2D eigenvalue weighted by Crippen LogP contribution is 2.40. The molecule has 1 aromatic heterocycles. The number of Topliss-reactive ketones (excluding diaryl/α,β-unsaturated/α-hetero) is 1. The molecule has 0 spiro atoms. The number of rotatable bonds is 7. The number of carbonyl (C=O) groups excluding carboxylic acids is 1. The Kier molecular flexibility index (Phi) is 5.12.